The van der Waals surface area contributed by atoms with E-state index in [0.29, 0.717) is 26.2 Å². The van der Waals surface area contributed by atoms with Gasteiger partial charge in [-0.05, 0) is 19.4 Å². The van der Waals surface area contributed by atoms with Crippen molar-refractivity contribution in [1.82, 2.24) is 4.90 Å². The molecule has 4 heteroatoms. The van der Waals surface area contributed by atoms with Gasteiger partial charge in [-0.2, -0.15) is 0 Å². The van der Waals surface area contributed by atoms with Gasteiger partial charge in [0.1, 0.15) is 0 Å². The van der Waals surface area contributed by atoms with Crippen molar-refractivity contribution >= 4 is 5.91 Å². The lowest BCUT2D eigenvalue weighted by Gasteiger charge is -2.39. The van der Waals surface area contributed by atoms with E-state index in [2.05, 4.69) is 0 Å². The highest BCUT2D eigenvalue weighted by molar-refractivity contribution is 5.84. The third kappa shape index (κ3) is 3.33. The lowest BCUT2D eigenvalue weighted by Crippen LogP contribution is -2.52. The summed E-state index contributed by atoms with van der Waals surface area (Å²) in [5.41, 5.74) is 6.51. The summed E-state index contributed by atoms with van der Waals surface area (Å²) >= 11 is 0. The van der Waals surface area contributed by atoms with Crippen molar-refractivity contribution in [3.63, 3.8) is 0 Å². The molecule has 104 valence electrons. The van der Waals surface area contributed by atoms with Gasteiger partial charge in [0.25, 0.3) is 0 Å². The molecule has 1 fully saturated rings. The standard InChI is InChI=1S/C15H22N2O2/c1-15(2)11-17(8-9-19-15)14(18)13(10-16)12-6-4-3-5-7-12/h3-7,13H,8-11,16H2,1-2H3. The van der Waals surface area contributed by atoms with E-state index in [4.69, 9.17) is 10.5 Å². The molecule has 1 aliphatic heterocycles. The molecule has 0 bridgehead atoms. The molecule has 1 amide bonds. The van der Waals surface area contributed by atoms with Crippen LogP contribution in [-0.4, -0.2) is 42.6 Å². The summed E-state index contributed by atoms with van der Waals surface area (Å²) < 4.78 is 5.64. The average molecular weight is 262 g/mol. The fourth-order valence-corrected chi connectivity index (χ4v) is 2.49. The lowest BCUT2D eigenvalue weighted by molar-refractivity contribution is -0.147. The number of carbonyl (C=O) groups excluding carboxylic acids is 1. The first-order chi connectivity index (χ1) is 9.03. The Morgan fingerprint density at radius 3 is 2.68 bits per heavy atom. The molecule has 0 spiro atoms. The average Bonchev–Trinajstić information content (AvgIpc) is 2.39. The molecular formula is C15H22N2O2. The molecular weight excluding hydrogens is 240 g/mol. The van der Waals surface area contributed by atoms with Crippen molar-refractivity contribution in [2.24, 2.45) is 5.73 Å². The summed E-state index contributed by atoms with van der Waals surface area (Å²) in [5, 5.41) is 0. The van der Waals surface area contributed by atoms with Crippen molar-refractivity contribution in [3.8, 4) is 0 Å². The smallest absolute Gasteiger partial charge is 0.231 e. The maximum Gasteiger partial charge on any atom is 0.231 e. The van der Waals surface area contributed by atoms with E-state index in [1.807, 2.05) is 49.1 Å². The fourth-order valence-electron chi connectivity index (χ4n) is 2.49. The van der Waals surface area contributed by atoms with Gasteiger partial charge in [-0.15, -0.1) is 0 Å². The Bertz CT molecular complexity index is 431. The second-order valence-electron chi connectivity index (χ2n) is 5.57. The van der Waals surface area contributed by atoms with Gasteiger partial charge < -0.3 is 15.4 Å². The highest BCUT2D eigenvalue weighted by Crippen LogP contribution is 2.22. The SMILES string of the molecule is CC1(C)CN(C(=O)C(CN)c2ccccc2)CCO1. The number of rotatable bonds is 3. The number of nitrogens with two attached hydrogens (primary N) is 1. The van der Waals surface area contributed by atoms with Gasteiger partial charge in [-0.25, -0.2) is 0 Å². The van der Waals surface area contributed by atoms with E-state index in [0.717, 1.165) is 5.56 Å². The maximum absolute atomic E-state index is 12.6. The van der Waals surface area contributed by atoms with Crippen LogP contribution < -0.4 is 5.73 Å². The topological polar surface area (TPSA) is 55.6 Å². The molecule has 2 rings (SSSR count). The molecule has 0 aliphatic carbocycles. The zero-order valence-electron chi connectivity index (χ0n) is 11.6. The molecule has 1 aromatic carbocycles. The molecule has 2 N–H and O–H groups in total. The normalized spacial score (nSPS) is 20.1. The van der Waals surface area contributed by atoms with Crippen LogP contribution in [0.25, 0.3) is 0 Å². The molecule has 0 saturated carbocycles. The molecule has 4 nitrogen and oxygen atoms in total. The van der Waals surface area contributed by atoms with E-state index in [1.165, 1.54) is 0 Å². The van der Waals surface area contributed by atoms with Gasteiger partial charge in [0, 0.05) is 19.6 Å². The maximum atomic E-state index is 12.6. The first kappa shape index (κ1) is 14.0. The summed E-state index contributed by atoms with van der Waals surface area (Å²) in [5.74, 6) is -0.153. The fraction of sp³-hybridized carbons (Fsp3) is 0.533. The molecule has 1 unspecified atom stereocenters. The van der Waals surface area contributed by atoms with Crippen LogP contribution in [0.4, 0.5) is 0 Å². The molecule has 0 radical (unpaired) electrons. The monoisotopic (exact) mass is 262 g/mol. The predicted octanol–water partition coefficient (Wildman–Crippen LogP) is 1.37. The summed E-state index contributed by atoms with van der Waals surface area (Å²) in [7, 11) is 0. The van der Waals surface area contributed by atoms with Crippen LogP contribution in [0.2, 0.25) is 0 Å². The van der Waals surface area contributed by atoms with Crippen LogP contribution in [0.15, 0.2) is 30.3 Å². The third-order valence-electron chi connectivity index (χ3n) is 3.47. The van der Waals surface area contributed by atoms with Gasteiger partial charge in [0.2, 0.25) is 5.91 Å². The molecule has 1 atom stereocenters. The highest BCUT2D eigenvalue weighted by atomic mass is 16.5. The number of benzene rings is 1. The first-order valence-electron chi connectivity index (χ1n) is 6.71. The van der Waals surface area contributed by atoms with Crippen molar-refractivity contribution in [1.29, 1.82) is 0 Å². The van der Waals surface area contributed by atoms with Crippen molar-refractivity contribution in [2.45, 2.75) is 25.4 Å². The van der Waals surface area contributed by atoms with Crippen LogP contribution in [0.1, 0.15) is 25.3 Å². The number of amides is 1. The van der Waals surface area contributed by atoms with E-state index in [1.54, 1.807) is 0 Å². The van der Waals surface area contributed by atoms with E-state index in [9.17, 15) is 4.79 Å². The molecule has 19 heavy (non-hydrogen) atoms. The molecule has 1 aliphatic rings. The van der Waals surface area contributed by atoms with E-state index >= 15 is 0 Å². The number of nitrogens with zero attached hydrogens (tertiary/aromatic N) is 1. The molecule has 1 aromatic rings. The zero-order chi connectivity index (χ0) is 13.9. The van der Waals surface area contributed by atoms with Gasteiger partial charge in [-0.3, -0.25) is 4.79 Å². The Morgan fingerprint density at radius 1 is 1.42 bits per heavy atom. The molecule has 0 aromatic heterocycles. The Labute approximate surface area is 114 Å². The van der Waals surface area contributed by atoms with Crippen molar-refractivity contribution in [3.05, 3.63) is 35.9 Å². The lowest BCUT2D eigenvalue weighted by atomic mass is 9.96. The Balaban J connectivity index is 2.13. The van der Waals surface area contributed by atoms with Crippen LogP contribution >= 0.6 is 0 Å². The number of hydrogen-bond donors (Lipinski definition) is 1. The van der Waals surface area contributed by atoms with Gasteiger partial charge in [-0.1, -0.05) is 30.3 Å². The Kier molecular flexibility index (Phi) is 4.22. The molecule has 1 saturated heterocycles. The quantitative estimate of drug-likeness (QED) is 0.895. The summed E-state index contributed by atoms with van der Waals surface area (Å²) in [6, 6.07) is 9.74. The summed E-state index contributed by atoms with van der Waals surface area (Å²) in [4.78, 5) is 14.5. The van der Waals surface area contributed by atoms with Gasteiger partial charge in [0.05, 0.1) is 18.1 Å². The second-order valence-corrected chi connectivity index (χ2v) is 5.57. The molecule has 1 heterocycles. The third-order valence-corrected chi connectivity index (χ3v) is 3.47. The second kappa shape index (κ2) is 5.72. The van der Waals surface area contributed by atoms with Gasteiger partial charge in [0.15, 0.2) is 0 Å². The minimum Gasteiger partial charge on any atom is -0.372 e. The zero-order valence-corrected chi connectivity index (χ0v) is 11.6. The Morgan fingerprint density at radius 2 is 2.11 bits per heavy atom. The van der Waals surface area contributed by atoms with Crippen LogP contribution in [0.3, 0.4) is 0 Å². The first-order valence-corrected chi connectivity index (χ1v) is 6.71. The Hall–Kier alpha value is -1.39. The van der Waals surface area contributed by atoms with Crippen LogP contribution in [0.5, 0.6) is 0 Å². The van der Waals surface area contributed by atoms with E-state index < -0.39 is 0 Å². The highest BCUT2D eigenvalue weighted by Gasteiger charge is 2.33. The minimum atomic E-state index is -0.274. The van der Waals surface area contributed by atoms with Crippen molar-refractivity contribution < 1.29 is 9.53 Å². The van der Waals surface area contributed by atoms with E-state index in [-0.39, 0.29) is 17.4 Å². The summed E-state index contributed by atoms with van der Waals surface area (Å²) in [6.45, 7) is 6.20. The van der Waals surface area contributed by atoms with Gasteiger partial charge >= 0.3 is 0 Å². The number of morpholine rings is 1. The minimum absolute atomic E-state index is 0.102. The number of hydrogen-bond acceptors (Lipinski definition) is 3. The van der Waals surface area contributed by atoms with Crippen molar-refractivity contribution in [2.75, 3.05) is 26.2 Å². The number of carbonyl (C=O) groups is 1. The summed E-state index contributed by atoms with van der Waals surface area (Å²) in [6.07, 6.45) is 0. The predicted molar refractivity (Wildman–Crippen MR) is 74.8 cm³/mol. The largest absolute Gasteiger partial charge is 0.372 e. The van der Waals surface area contributed by atoms with Crippen LogP contribution in [0, 0.1) is 0 Å². The van der Waals surface area contributed by atoms with Crippen LogP contribution in [-0.2, 0) is 9.53 Å². The number of ether oxygens (including phenoxy) is 1.